The standard InChI is InChI=1S/C10H12F3NO2/c11-10(12,13)16-8-3-1-2-7(6-8)9(14)4-5-15/h1-3,6,9,15H,4-5,14H2/t9-/m1/s1. The van der Waals surface area contributed by atoms with Gasteiger partial charge in [0.1, 0.15) is 5.75 Å². The highest BCUT2D eigenvalue weighted by atomic mass is 19.4. The summed E-state index contributed by atoms with van der Waals surface area (Å²) in [6, 6.07) is 4.93. The predicted octanol–water partition coefficient (Wildman–Crippen LogP) is 1.97. The Labute approximate surface area is 90.6 Å². The molecular weight excluding hydrogens is 223 g/mol. The first-order chi connectivity index (χ1) is 7.42. The van der Waals surface area contributed by atoms with Gasteiger partial charge in [0.05, 0.1) is 0 Å². The molecule has 0 saturated carbocycles. The topological polar surface area (TPSA) is 55.5 Å². The fourth-order valence-electron chi connectivity index (χ4n) is 1.25. The number of ether oxygens (including phenoxy) is 1. The van der Waals surface area contributed by atoms with Gasteiger partial charge < -0.3 is 15.6 Å². The van der Waals surface area contributed by atoms with Gasteiger partial charge in [-0.1, -0.05) is 12.1 Å². The summed E-state index contributed by atoms with van der Waals surface area (Å²) in [6.45, 7) is -0.120. The van der Waals surface area contributed by atoms with Crippen molar-refractivity contribution in [1.82, 2.24) is 0 Å². The minimum Gasteiger partial charge on any atom is -0.406 e. The molecule has 0 heterocycles. The van der Waals surface area contributed by atoms with Crippen LogP contribution in [-0.2, 0) is 0 Å². The average molecular weight is 235 g/mol. The summed E-state index contributed by atoms with van der Waals surface area (Å²) in [4.78, 5) is 0. The highest BCUT2D eigenvalue weighted by molar-refractivity contribution is 5.30. The second kappa shape index (κ2) is 5.18. The molecule has 0 fully saturated rings. The van der Waals surface area contributed by atoms with Crippen molar-refractivity contribution >= 4 is 0 Å². The van der Waals surface area contributed by atoms with Crippen LogP contribution in [-0.4, -0.2) is 18.1 Å². The Morgan fingerprint density at radius 2 is 2.06 bits per heavy atom. The zero-order valence-corrected chi connectivity index (χ0v) is 8.37. The van der Waals surface area contributed by atoms with E-state index >= 15 is 0 Å². The molecule has 0 amide bonds. The van der Waals surface area contributed by atoms with Crippen LogP contribution in [0.25, 0.3) is 0 Å². The predicted molar refractivity (Wildman–Crippen MR) is 51.8 cm³/mol. The van der Waals surface area contributed by atoms with Gasteiger partial charge in [-0.3, -0.25) is 0 Å². The molecule has 0 aromatic heterocycles. The van der Waals surface area contributed by atoms with Crippen LogP contribution in [0.5, 0.6) is 5.75 Å². The van der Waals surface area contributed by atoms with Gasteiger partial charge in [0.25, 0.3) is 0 Å². The molecule has 1 atom stereocenters. The fraction of sp³-hybridized carbons (Fsp3) is 0.400. The van der Waals surface area contributed by atoms with E-state index in [1.165, 1.54) is 18.2 Å². The zero-order chi connectivity index (χ0) is 12.2. The second-order valence-electron chi connectivity index (χ2n) is 3.24. The molecule has 0 aliphatic carbocycles. The Kier molecular flexibility index (Phi) is 4.14. The maximum Gasteiger partial charge on any atom is 0.573 e. The Bertz CT molecular complexity index is 341. The first kappa shape index (κ1) is 12.8. The minimum atomic E-state index is -4.71. The average Bonchev–Trinajstić information content (AvgIpc) is 2.16. The van der Waals surface area contributed by atoms with E-state index in [-0.39, 0.29) is 18.8 Å². The van der Waals surface area contributed by atoms with E-state index in [0.717, 1.165) is 0 Å². The van der Waals surface area contributed by atoms with Crippen molar-refractivity contribution in [3.05, 3.63) is 29.8 Å². The van der Waals surface area contributed by atoms with Crippen molar-refractivity contribution in [1.29, 1.82) is 0 Å². The lowest BCUT2D eigenvalue weighted by Crippen LogP contribution is -2.18. The minimum absolute atomic E-state index is 0.120. The third-order valence-corrected chi connectivity index (χ3v) is 1.96. The molecule has 1 aromatic rings. The number of rotatable bonds is 4. The molecule has 90 valence electrons. The van der Waals surface area contributed by atoms with Gasteiger partial charge in [0, 0.05) is 12.6 Å². The van der Waals surface area contributed by atoms with Gasteiger partial charge in [-0.25, -0.2) is 0 Å². The third-order valence-electron chi connectivity index (χ3n) is 1.96. The molecule has 3 N–H and O–H groups in total. The number of hydrogen-bond acceptors (Lipinski definition) is 3. The van der Waals surface area contributed by atoms with Crippen LogP contribution >= 0.6 is 0 Å². The van der Waals surface area contributed by atoms with Crippen molar-refractivity contribution in [2.45, 2.75) is 18.8 Å². The zero-order valence-electron chi connectivity index (χ0n) is 8.37. The molecule has 1 aromatic carbocycles. The van der Waals surface area contributed by atoms with Crippen molar-refractivity contribution in [2.75, 3.05) is 6.61 Å². The number of nitrogens with two attached hydrogens (primary N) is 1. The highest BCUT2D eigenvalue weighted by Crippen LogP contribution is 2.25. The number of halogens is 3. The van der Waals surface area contributed by atoms with Crippen LogP contribution in [0.4, 0.5) is 13.2 Å². The van der Waals surface area contributed by atoms with Crippen LogP contribution in [0, 0.1) is 0 Å². The van der Waals surface area contributed by atoms with Crippen molar-refractivity contribution in [3.63, 3.8) is 0 Å². The van der Waals surface area contributed by atoms with Crippen LogP contribution in [0.1, 0.15) is 18.0 Å². The van der Waals surface area contributed by atoms with E-state index in [1.807, 2.05) is 0 Å². The number of alkyl halides is 3. The molecular formula is C10H12F3NO2. The van der Waals surface area contributed by atoms with E-state index in [9.17, 15) is 13.2 Å². The molecule has 0 unspecified atom stereocenters. The molecule has 1 rings (SSSR count). The van der Waals surface area contributed by atoms with Crippen molar-refractivity contribution in [2.24, 2.45) is 5.73 Å². The van der Waals surface area contributed by atoms with Gasteiger partial charge in [-0.15, -0.1) is 13.2 Å². The smallest absolute Gasteiger partial charge is 0.406 e. The second-order valence-corrected chi connectivity index (χ2v) is 3.24. The van der Waals surface area contributed by atoms with Crippen LogP contribution in [0.15, 0.2) is 24.3 Å². The number of benzene rings is 1. The molecule has 0 aliphatic rings. The summed E-state index contributed by atoms with van der Waals surface area (Å²) in [7, 11) is 0. The lowest BCUT2D eigenvalue weighted by molar-refractivity contribution is -0.274. The summed E-state index contributed by atoms with van der Waals surface area (Å²) in [6.07, 6.45) is -4.42. The molecule has 0 saturated heterocycles. The molecule has 0 radical (unpaired) electrons. The SMILES string of the molecule is N[C@H](CCO)c1cccc(OC(F)(F)F)c1. The lowest BCUT2D eigenvalue weighted by Gasteiger charge is -2.13. The summed E-state index contributed by atoms with van der Waals surface area (Å²) in [5, 5.41) is 8.66. The Balaban J connectivity index is 2.78. The molecule has 3 nitrogen and oxygen atoms in total. The first-order valence-corrected chi connectivity index (χ1v) is 4.64. The summed E-state index contributed by atoms with van der Waals surface area (Å²) >= 11 is 0. The Morgan fingerprint density at radius 1 is 1.38 bits per heavy atom. The first-order valence-electron chi connectivity index (χ1n) is 4.64. The molecule has 6 heteroatoms. The largest absolute Gasteiger partial charge is 0.573 e. The van der Waals surface area contributed by atoms with E-state index in [0.29, 0.717) is 5.56 Å². The maximum absolute atomic E-state index is 11.9. The van der Waals surface area contributed by atoms with Gasteiger partial charge in [0.15, 0.2) is 0 Å². The molecule has 16 heavy (non-hydrogen) atoms. The molecule has 0 spiro atoms. The number of aliphatic hydroxyl groups is 1. The van der Waals surface area contributed by atoms with E-state index in [1.54, 1.807) is 6.07 Å². The van der Waals surface area contributed by atoms with Crippen LogP contribution in [0.3, 0.4) is 0 Å². The monoisotopic (exact) mass is 235 g/mol. The van der Waals surface area contributed by atoms with Gasteiger partial charge in [-0.05, 0) is 24.1 Å². The number of aliphatic hydroxyl groups excluding tert-OH is 1. The third kappa shape index (κ3) is 4.08. The molecule has 0 bridgehead atoms. The van der Waals surface area contributed by atoms with Gasteiger partial charge >= 0.3 is 6.36 Å². The summed E-state index contributed by atoms with van der Waals surface area (Å²) in [5.41, 5.74) is 6.14. The maximum atomic E-state index is 11.9. The van der Waals surface area contributed by atoms with Crippen LogP contribution < -0.4 is 10.5 Å². The van der Waals surface area contributed by atoms with E-state index < -0.39 is 12.4 Å². The van der Waals surface area contributed by atoms with Gasteiger partial charge in [0.2, 0.25) is 0 Å². The van der Waals surface area contributed by atoms with Crippen molar-refractivity contribution < 1.29 is 23.0 Å². The van der Waals surface area contributed by atoms with Gasteiger partial charge in [-0.2, -0.15) is 0 Å². The van der Waals surface area contributed by atoms with Crippen LogP contribution in [0.2, 0.25) is 0 Å². The number of hydrogen-bond donors (Lipinski definition) is 2. The Hall–Kier alpha value is -1.27. The summed E-state index contributed by atoms with van der Waals surface area (Å²) < 4.78 is 39.5. The molecule has 0 aliphatic heterocycles. The van der Waals surface area contributed by atoms with E-state index in [2.05, 4.69) is 4.74 Å². The highest BCUT2D eigenvalue weighted by Gasteiger charge is 2.31. The van der Waals surface area contributed by atoms with E-state index in [4.69, 9.17) is 10.8 Å². The summed E-state index contributed by atoms with van der Waals surface area (Å²) in [5.74, 6) is -0.307. The van der Waals surface area contributed by atoms with Crippen molar-refractivity contribution in [3.8, 4) is 5.75 Å². The Morgan fingerprint density at radius 3 is 2.62 bits per heavy atom. The lowest BCUT2D eigenvalue weighted by atomic mass is 10.1. The fourth-order valence-corrected chi connectivity index (χ4v) is 1.25. The normalized spacial score (nSPS) is 13.6. The quantitative estimate of drug-likeness (QED) is 0.838.